The van der Waals surface area contributed by atoms with Crippen molar-refractivity contribution in [1.29, 1.82) is 0 Å². The number of carbonyl (C=O) groups is 1. The van der Waals surface area contributed by atoms with Crippen molar-refractivity contribution in [2.75, 3.05) is 0 Å². The van der Waals surface area contributed by atoms with Crippen molar-refractivity contribution in [2.45, 2.75) is 52.4 Å². The lowest BCUT2D eigenvalue weighted by molar-refractivity contribution is -0.127. The predicted molar refractivity (Wildman–Crippen MR) is 75.6 cm³/mol. The molecule has 104 valence electrons. The maximum Gasteiger partial charge on any atom is 0.223 e. The van der Waals surface area contributed by atoms with Crippen LogP contribution in [0.2, 0.25) is 0 Å². The number of amides is 1. The first-order chi connectivity index (χ1) is 9.15. The molecular weight excluding hydrogens is 238 g/mol. The number of hydrogen-bond donors (Lipinski definition) is 1. The summed E-state index contributed by atoms with van der Waals surface area (Å²) in [6.45, 7) is 5.34. The molecule has 1 aliphatic rings. The summed E-state index contributed by atoms with van der Waals surface area (Å²) in [4.78, 5) is 11.7. The van der Waals surface area contributed by atoms with Gasteiger partial charge in [-0.3, -0.25) is 4.79 Å². The summed E-state index contributed by atoms with van der Waals surface area (Å²) >= 11 is 0. The molecule has 0 aliphatic heterocycles. The Morgan fingerprint density at radius 3 is 2.42 bits per heavy atom. The Morgan fingerprint density at radius 1 is 1.26 bits per heavy atom. The zero-order valence-corrected chi connectivity index (χ0v) is 11.8. The normalized spacial score (nSPS) is 15.3. The summed E-state index contributed by atoms with van der Waals surface area (Å²) in [5, 5.41) is 3.00. The van der Waals surface area contributed by atoms with Gasteiger partial charge < -0.3 is 10.1 Å². The summed E-state index contributed by atoms with van der Waals surface area (Å²) in [7, 11) is 0. The monoisotopic (exact) mass is 261 g/mol. The van der Waals surface area contributed by atoms with Crippen LogP contribution in [0.4, 0.5) is 0 Å². The van der Waals surface area contributed by atoms with Crippen LogP contribution in [-0.2, 0) is 22.7 Å². The SMILES string of the molecule is CC(C)OCc1ccc(CNC(=O)C2CCC2)cc1. The first-order valence-electron chi connectivity index (χ1n) is 7.12. The van der Waals surface area contributed by atoms with E-state index in [1.54, 1.807) is 0 Å². The molecule has 2 rings (SSSR count). The fourth-order valence-electron chi connectivity index (χ4n) is 2.02. The maximum absolute atomic E-state index is 11.7. The minimum Gasteiger partial charge on any atom is -0.374 e. The molecule has 1 aliphatic carbocycles. The van der Waals surface area contributed by atoms with Crippen molar-refractivity contribution in [3.8, 4) is 0 Å². The summed E-state index contributed by atoms with van der Waals surface area (Å²) in [5.74, 6) is 0.470. The van der Waals surface area contributed by atoms with Crippen LogP contribution in [0.15, 0.2) is 24.3 Å². The van der Waals surface area contributed by atoms with Gasteiger partial charge in [0.1, 0.15) is 0 Å². The molecule has 0 unspecified atom stereocenters. The molecule has 19 heavy (non-hydrogen) atoms. The minimum atomic E-state index is 0.207. The molecule has 1 aromatic carbocycles. The molecule has 1 N–H and O–H groups in total. The number of nitrogens with one attached hydrogen (secondary N) is 1. The van der Waals surface area contributed by atoms with Gasteiger partial charge in [0, 0.05) is 12.5 Å². The van der Waals surface area contributed by atoms with Crippen molar-refractivity contribution in [2.24, 2.45) is 5.92 Å². The van der Waals surface area contributed by atoms with Crippen LogP contribution in [0.1, 0.15) is 44.2 Å². The van der Waals surface area contributed by atoms with E-state index in [-0.39, 0.29) is 17.9 Å². The van der Waals surface area contributed by atoms with Gasteiger partial charge >= 0.3 is 0 Å². The highest BCUT2D eigenvalue weighted by Gasteiger charge is 2.24. The Balaban J connectivity index is 1.76. The molecule has 1 fully saturated rings. The van der Waals surface area contributed by atoms with Gasteiger partial charge in [-0.05, 0) is 37.8 Å². The highest BCUT2D eigenvalue weighted by molar-refractivity contribution is 5.79. The molecule has 1 amide bonds. The van der Waals surface area contributed by atoms with Gasteiger partial charge in [-0.25, -0.2) is 0 Å². The van der Waals surface area contributed by atoms with Crippen LogP contribution in [-0.4, -0.2) is 12.0 Å². The second-order valence-electron chi connectivity index (χ2n) is 5.52. The topological polar surface area (TPSA) is 38.3 Å². The van der Waals surface area contributed by atoms with Gasteiger partial charge in [0.05, 0.1) is 12.7 Å². The van der Waals surface area contributed by atoms with Gasteiger partial charge in [-0.1, -0.05) is 30.7 Å². The molecule has 0 atom stereocenters. The van der Waals surface area contributed by atoms with E-state index in [9.17, 15) is 4.79 Å². The molecule has 0 radical (unpaired) electrons. The molecule has 1 aromatic rings. The van der Waals surface area contributed by atoms with Crippen LogP contribution in [0.3, 0.4) is 0 Å². The lowest BCUT2D eigenvalue weighted by atomic mass is 9.85. The average Bonchev–Trinajstić information content (AvgIpc) is 2.33. The van der Waals surface area contributed by atoms with Crippen molar-refractivity contribution in [1.82, 2.24) is 5.32 Å². The molecule has 1 saturated carbocycles. The summed E-state index contributed by atoms with van der Waals surface area (Å²) in [6, 6.07) is 8.24. The van der Waals surface area contributed by atoms with Crippen molar-refractivity contribution in [3.05, 3.63) is 35.4 Å². The second kappa shape index (κ2) is 6.71. The van der Waals surface area contributed by atoms with Crippen LogP contribution in [0.25, 0.3) is 0 Å². The minimum absolute atomic E-state index is 0.207. The molecule has 0 saturated heterocycles. The standard InChI is InChI=1S/C16H23NO2/c1-12(2)19-11-14-8-6-13(7-9-14)10-17-16(18)15-4-3-5-15/h6-9,12,15H,3-5,10-11H2,1-2H3,(H,17,18). The molecule has 0 spiro atoms. The van der Waals surface area contributed by atoms with Gasteiger partial charge in [0.2, 0.25) is 5.91 Å². The Kier molecular flexibility index (Phi) is 4.97. The van der Waals surface area contributed by atoms with Crippen molar-refractivity contribution >= 4 is 5.91 Å². The summed E-state index contributed by atoms with van der Waals surface area (Å²) in [6.07, 6.45) is 3.55. The first-order valence-corrected chi connectivity index (χ1v) is 7.12. The molecule has 0 bridgehead atoms. The Morgan fingerprint density at radius 2 is 1.89 bits per heavy atom. The van der Waals surface area contributed by atoms with Gasteiger partial charge in [0.25, 0.3) is 0 Å². The van der Waals surface area contributed by atoms with E-state index in [1.165, 1.54) is 12.0 Å². The number of benzene rings is 1. The smallest absolute Gasteiger partial charge is 0.223 e. The molecule has 3 nitrogen and oxygen atoms in total. The quantitative estimate of drug-likeness (QED) is 0.854. The number of hydrogen-bond acceptors (Lipinski definition) is 2. The molecule has 3 heteroatoms. The fraction of sp³-hybridized carbons (Fsp3) is 0.562. The van der Waals surface area contributed by atoms with Gasteiger partial charge in [-0.2, -0.15) is 0 Å². The maximum atomic E-state index is 11.7. The number of ether oxygens (including phenoxy) is 1. The molecule has 0 aromatic heterocycles. The van der Waals surface area contributed by atoms with E-state index in [4.69, 9.17) is 4.74 Å². The highest BCUT2D eigenvalue weighted by Crippen LogP contribution is 2.26. The van der Waals surface area contributed by atoms with Crippen molar-refractivity contribution < 1.29 is 9.53 Å². The third-order valence-corrected chi connectivity index (χ3v) is 3.55. The number of rotatable bonds is 6. The Bertz CT molecular complexity index is 407. The first kappa shape index (κ1) is 14.1. The fourth-order valence-corrected chi connectivity index (χ4v) is 2.02. The Labute approximate surface area is 115 Å². The third kappa shape index (κ3) is 4.35. The van der Waals surface area contributed by atoms with Gasteiger partial charge in [-0.15, -0.1) is 0 Å². The van der Waals surface area contributed by atoms with E-state index in [1.807, 2.05) is 13.8 Å². The second-order valence-corrected chi connectivity index (χ2v) is 5.52. The van der Waals surface area contributed by atoms with Crippen LogP contribution in [0.5, 0.6) is 0 Å². The largest absolute Gasteiger partial charge is 0.374 e. The lowest BCUT2D eigenvalue weighted by Crippen LogP contribution is -2.33. The zero-order valence-electron chi connectivity index (χ0n) is 11.8. The summed E-state index contributed by atoms with van der Waals surface area (Å²) in [5.41, 5.74) is 2.31. The van der Waals surface area contributed by atoms with E-state index in [2.05, 4.69) is 29.6 Å². The zero-order chi connectivity index (χ0) is 13.7. The van der Waals surface area contributed by atoms with Gasteiger partial charge in [0.15, 0.2) is 0 Å². The third-order valence-electron chi connectivity index (χ3n) is 3.55. The molecule has 0 heterocycles. The average molecular weight is 261 g/mol. The van der Waals surface area contributed by atoms with Crippen LogP contribution >= 0.6 is 0 Å². The highest BCUT2D eigenvalue weighted by atomic mass is 16.5. The predicted octanol–water partition coefficient (Wildman–Crippen LogP) is 3.03. The van der Waals surface area contributed by atoms with E-state index < -0.39 is 0 Å². The van der Waals surface area contributed by atoms with E-state index >= 15 is 0 Å². The molecular formula is C16H23NO2. The lowest BCUT2D eigenvalue weighted by Gasteiger charge is -2.24. The van der Waals surface area contributed by atoms with E-state index in [0.717, 1.165) is 18.4 Å². The van der Waals surface area contributed by atoms with Crippen LogP contribution in [0, 0.1) is 5.92 Å². The van der Waals surface area contributed by atoms with E-state index in [0.29, 0.717) is 13.2 Å². The van der Waals surface area contributed by atoms with Crippen molar-refractivity contribution in [3.63, 3.8) is 0 Å². The summed E-state index contributed by atoms with van der Waals surface area (Å²) < 4.78 is 5.55. The number of carbonyl (C=O) groups excluding carboxylic acids is 1. The Hall–Kier alpha value is -1.35. The van der Waals surface area contributed by atoms with Crippen LogP contribution < -0.4 is 5.32 Å².